The van der Waals surface area contributed by atoms with Crippen molar-refractivity contribution in [1.82, 2.24) is 0 Å². The van der Waals surface area contributed by atoms with Crippen LogP contribution in [0.3, 0.4) is 0 Å². The molecule has 0 heterocycles. The third-order valence-corrected chi connectivity index (χ3v) is 25.1. The Morgan fingerprint density at radius 1 is 0.359 bits per heavy atom. The van der Waals surface area contributed by atoms with Crippen LogP contribution < -0.4 is 266 Å². The maximum atomic E-state index is 14.7. The summed E-state index contributed by atoms with van der Waals surface area (Å²) in [5.74, 6) is -6.82. The largest absolute Gasteiger partial charge is 1.00 e. The normalized spacial score (nSPS) is 12.4. The Morgan fingerprint density at radius 3 is 1.41 bits per heavy atom. The Labute approximate surface area is 905 Å². The second kappa shape index (κ2) is 45.6. The zero-order valence-corrected chi connectivity index (χ0v) is 91.1. The van der Waals surface area contributed by atoms with E-state index in [-0.39, 0.29) is 264 Å². The molecule has 12 aromatic rings. The molecule has 0 saturated carbocycles. The molecule has 4 N–H and O–H groups in total. The maximum Gasteiger partial charge on any atom is 1.00 e. The van der Waals surface area contributed by atoms with E-state index in [1.807, 2.05) is 0 Å². The summed E-state index contributed by atoms with van der Waals surface area (Å²) >= 11 is 0. The van der Waals surface area contributed by atoms with Gasteiger partial charge in [0.25, 0.3) is 30.4 Å². The van der Waals surface area contributed by atoms with Crippen LogP contribution in [0, 0.1) is 13.8 Å². The monoisotopic (exact) mass is 1990 g/mol. The minimum absolute atomic E-state index is 0. The Hall–Kier alpha value is -4.29. The van der Waals surface area contributed by atoms with Crippen LogP contribution in [0.2, 0.25) is 0 Å². The Balaban J connectivity index is 0.00000429. The molecule has 128 heavy (non-hydrogen) atoms. The number of aryl methyl sites for hydroxylation is 2. The number of hydrogen-bond donors (Lipinski definition) is 4. The first-order valence-electron chi connectivity index (χ1n) is 32.8. The van der Waals surface area contributed by atoms with Gasteiger partial charge in [0.1, 0.15) is 88.6 Å². The van der Waals surface area contributed by atoms with Gasteiger partial charge in [0.05, 0.1) is 81.5 Å². The maximum absolute atomic E-state index is 14.7. The van der Waals surface area contributed by atoms with Gasteiger partial charge in [-0.05, 0) is 156 Å². The number of benzene rings is 12. The molecule has 0 aliphatic rings. The molecule has 12 aromatic carbocycles. The molecular formula is C69H45N11Na8O31S9. The fraction of sp³-hybridized carbons (Fsp3) is 0.0725. The molecule has 0 fully saturated rings. The molecule has 0 unspecified atom stereocenters. The molecule has 0 aliphatic carbocycles. The summed E-state index contributed by atoms with van der Waals surface area (Å²) < 4.78 is 335. The molecule has 0 bridgehead atoms. The van der Waals surface area contributed by atoms with E-state index in [0.717, 1.165) is 78.9 Å². The van der Waals surface area contributed by atoms with Crippen LogP contribution in [0.25, 0.3) is 43.1 Å². The summed E-state index contributed by atoms with van der Waals surface area (Å²) in [7, 11) is -49.1. The van der Waals surface area contributed by atoms with Crippen LogP contribution in [0.15, 0.2) is 266 Å². The molecule has 0 aliphatic heterocycles. The number of nitrogens with one attached hydrogen (secondary N) is 1. The summed E-state index contributed by atoms with van der Waals surface area (Å²) in [4.78, 5) is -9.36. The van der Waals surface area contributed by atoms with Crippen molar-refractivity contribution in [2.75, 3.05) is 17.7 Å². The molecule has 59 heteroatoms. The second-order valence-corrected chi connectivity index (χ2v) is 37.9. The quantitative estimate of drug-likeness (QED) is 0.0122. The summed E-state index contributed by atoms with van der Waals surface area (Å²) in [6.45, 7) is 2.16. The van der Waals surface area contributed by atoms with Gasteiger partial charge in [-0.1, -0.05) is 83.5 Å². The van der Waals surface area contributed by atoms with Crippen LogP contribution in [0.4, 0.5) is 68.2 Å². The first-order valence-corrected chi connectivity index (χ1v) is 45.8. The van der Waals surface area contributed by atoms with Gasteiger partial charge in [-0.3, -0.25) is 13.7 Å². The van der Waals surface area contributed by atoms with E-state index in [4.69, 9.17) is 8.92 Å². The van der Waals surface area contributed by atoms with E-state index < -0.39 is 267 Å². The van der Waals surface area contributed by atoms with E-state index in [1.165, 1.54) is 37.3 Å². The van der Waals surface area contributed by atoms with E-state index in [1.54, 1.807) is 25.1 Å². The molecular weight excluding hydrogens is 1950 g/mol. The van der Waals surface area contributed by atoms with E-state index in [2.05, 4.69) is 56.5 Å². The van der Waals surface area contributed by atoms with Crippen LogP contribution in [-0.4, -0.2) is 125 Å². The van der Waals surface area contributed by atoms with E-state index >= 15 is 0 Å². The minimum atomic E-state index is -5.84. The van der Waals surface area contributed by atoms with Crippen molar-refractivity contribution in [3.63, 3.8) is 0 Å². The van der Waals surface area contributed by atoms with E-state index in [9.17, 15) is 128 Å². The number of fused-ring (bicyclic) bond motifs is 4. The second-order valence-electron chi connectivity index (χ2n) is 25.2. The van der Waals surface area contributed by atoms with Crippen molar-refractivity contribution >= 4 is 202 Å². The SMILES string of the molecule is Cc1ccc(S(=O)(=O)Oc2cc(S(=O)(=O)[O-])cc3cc(S(=O)(=O)[O-])cc(N=Nc4cc(OCCCS(=O)(=O)[O-])c(N=Nc5c(S(=O)(=O)O)cc6c(S(=O)(=O)O)c(N=Nc7c(Nc8ccccc8)ccc8c([O-])c(N=Nc9ccc%10c([O-])c(N=Nc%11ccccc%11S(=O)(=O)[O-])c(S(=O)(=O)[O-])cc%10c9)c(S(=O)(=O)O)cc78)ccc6c5[O-])cc4C)c23)cc1.[Na+].[Na+].[Na+].[Na+].[Na+].[Na+].[Na+].[Na+]. The number of anilines is 2. The van der Waals surface area contributed by atoms with Crippen LogP contribution in [-0.2, 0) is 91.1 Å². The van der Waals surface area contributed by atoms with Crippen molar-refractivity contribution in [2.45, 2.75) is 59.4 Å². The van der Waals surface area contributed by atoms with Gasteiger partial charge in [0.15, 0.2) is 5.75 Å². The summed E-state index contributed by atoms with van der Waals surface area (Å²) in [6, 6.07) is 29.1. The van der Waals surface area contributed by atoms with Crippen LogP contribution in [0.5, 0.6) is 28.7 Å². The fourth-order valence-electron chi connectivity index (χ4n) is 11.6. The molecule has 624 valence electrons. The van der Waals surface area contributed by atoms with Crippen molar-refractivity contribution in [1.29, 1.82) is 0 Å². The number of rotatable bonds is 27. The van der Waals surface area contributed by atoms with Gasteiger partial charge in [-0.2, -0.15) is 43.9 Å². The molecule has 0 spiro atoms. The standard InChI is InChI=1S/C69H53N11O31S9.8Na/c1-35-13-16-41(17-14-35)120(108,109)111-56-31-43(114(90,91)92)28-38-27-42(113(87,88)89)30-54(61(38)56)76-74-52-34-55(110-23-8-24-112(84,85)86)53(25-36(52)2)75-80-65-60(118(102,103)104)33-48-46(68(65)83)20-22-51(69(48)119(105,106)107)73-77-62-47-32-59(117(99,100)101)64(67(82)45(47)19-21-50(62)70-39-9-4-3-5-10-39)78-71-40-15-18-44-37(26-40)29-58(116(96,97)98)63(66(44)81)79-72-49-11-6-7-12-57(49)115(93,94)95;;;;;;;;/h3-7,9-22,25-34,70,81-83H,8,23-24H2,1-2H3,(H,84,85,86)(H,87,88,89)(H,90,91,92)(H,93,94,95)(H,96,97,98)(H,99,100,101)(H,102,103,104)(H,105,106,107);;;;;;;;/q;8*+1/p-8. The molecule has 0 atom stereocenters. The average Bonchev–Trinajstić information content (AvgIpc) is 0.745. The first-order chi connectivity index (χ1) is 55.8. The molecule has 0 amide bonds. The Kier molecular flexibility index (Phi) is 41.3. The predicted octanol–water partition coefficient (Wildman–Crippen LogP) is -12.6. The van der Waals surface area contributed by atoms with Crippen molar-refractivity contribution in [3.05, 3.63) is 187 Å². The summed E-state index contributed by atoms with van der Waals surface area (Å²) in [5, 5.41) is 79.7. The Bertz CT molecular complexity index is 7700. The van der Waals surface area contributed by atoms with Gasteiger partial charge in [0, 0.05) is 34.3 Å². The molecule has 0 aromatic heterocycles. The average molecular weight is 2000 g/mol. The first kappa shape index (κ1) is 116. The van der Waals surface area contributed by atoms with Gasteiger partial charge in [-0.15, -0.1) is 40.9 Å². The van der Waals surface area contributed by atoms with Crippen molar-refractivity contribution in [2.24, 2.45) is 51.1 Å². The van der Waals surface area contributed by atoms with Crippen molar-refractivity contribution in [3.8, 4) is 28.7 Å². The zero-order chi connectivity index (χ0) is 87.5. The number of nitrogens with zero attached hydrogens (tertiary/aromatic N) is 10. The van der Waals surface area contributed by atoms with Crippen LogP contribution in [0.1, 0.15) is 17.5 Å². The van der Waals surface area contributed by atoms with Gasteiger partial charge in [-0.25, -0.2) is 42.1 Å². The third-order valence-electron chi connectivity index (χ3n) is 17.0. The minimum Gasteiger partial charge on any atom is -0.871 e. The van der Waals surface area contributed by atoms with E-state index in [0.29, 0.717) is 54.1 Å². The summed E-state index contributed by atoms with van der Waals surface area (Å²) in [5.41, 5.74) is -7.35. The van der Waals surface area contributed by atoms with Gasteiger partial charge >= 0.3 is 247 Å². The number of hydrogen-bond acceptors (Lipinski definition) is 39. The summed E-state index contributed by atoms with van der Waals surface area (Å²) in [6.07, 6.45) is -0.561. The topological polar surface area (TPSA) is 707 Å². The van der Waals surface area contributed by atoms with Gasteiger partial charge in [0.2, 0.25) is 0 Å². The Morgan fingerprint density at radius 2 is 0.844 bits per heavy atom. The fourth-order valence-corrected chi connectivity index (χ4v) is 17.4. The van der Waals surface area contributed by atoms with Gasteiger partial charge < -0.3 is 52.3 Å². The number of azo groups is 5. The molecule has 0 saturated heterocycles. The third kappa shape index (κ3) is 27.6. The molecule has 0 radical (unpaired) electrons. The number of ether oxygens (including phenoxy) is 1. The molecule has 42 nitrogen and oxygen atoms in total. The zero-order valence-electron chi connectivity index (χ0n) is 67.8. The smallest absolute Gasteiger partial charge is 0.871 e. The number of para-hydroxylation sites is 1. The van der Waals surface area contributed by atoms with Crippen LogP contribution >= 0.6 is 0 Å². The van der Waals surface area contributed by atoms with Crippen molar-refractivity contribution < 1.29 is 373 Å². The molecule has 12 rings (SSSR count). The predicted molar refractivity (Wildman–Crippen MR) is 407 cm³/mol.